The molecule has 1 saturated heterocycles. The van der Waals surface area contributed by atoms with Gasteiger partial charge in [0.2, 0.25) is 5.95 Å². The number of hydrogen-bond donors (Lipinski definition) is 1. The second-order valence-corrected chi connectivity index (χ2v) is 8.17. The average Bonchev–Trinajstić information content (AvgIpc) is 3.24. The van der Waals surface area contributed by atoms with Gasteiger partial charge in [0, 0.05) is 24.8 Å². The third-order valence-corrected chi connectivity index (χ3v) is 5.65. The Bertz CT molecular complexity index is 1120. The highest BCUT2D eigenvalue weighted by Crippen LogP contribution is 2.40. The molecule has 33 heavy (non-hydrogen) atoms. The van der Waals surface area contributed by atoms with Crippen molar-refractivity contribution in [3.8, 4) is 17.0 Å². The number of aromatic nitrogens is 4. The standard InChI is InChI=1S/C22H27F3N6O2/c1-4-32-13-33-18-11-15(22(23,24)25)10-14(2)19(18)20-17-7-8-26-31(17)21(29-28-20)27-16-6-5-9-30(3)12-16/h7-8,10-11,16H,4-6,9,12-13H2,1-3H3,(H,27,29). The minimum atomic E-state index is -4.51. The molecule has 3 heterocycles. The van der Waals surface area contributed by atoms with Gasteiger partial charge in [-0.3, -0.25) is 0 Å². The van der Waals surface area contributed by atoms with Crippen molar-refractivity contribution >= 4 is 11.5 Å². The van der Waals surface area contributed by atoms with E-state index in [1.54, 1.807) is 30.6 Å². The molecule has 1 atom stereocenters. The van der Waals surface area contributed by atoms with Gasteiger partial charge in [-0.15, -0.1) is 10.2 Å². The van der Waals surface area contributed by atoms with Crippen LogP contribution in [0.25, 0.3) is 16.8 Å². The lowest BCUT2D eigenvalue weighted by Crippen LogP contribution is -2.40. The highest BCUT2D eigenvalue weighted by atomic mass is 19.4. The van der Waals surface area contributed by atoms with Crippen LogP contribution >= 0.6 is 0 Å². The van der Waals surface area contributed by atoms with Gasteiger partial charge in [0.05, 0.1) is 17.3 Å². The van der Waals surface area contributed by atoms with E-state index in [0.29, 0.717) is 34.9 Å². The molecular weight excluding hydrogens is 437 g/mol. The molecule has 0 bridgehead atoms. The number of rotatable bonds is 7. The number of nitrogens with zero attached hydrogens (tertiary/aromatic N) is 5. The van der Waals surface area contributed by atoms with Gasteiger partial charge in [-0.05, 0) is 64.0 Å². The SMILES string of the molecule is CCOCOc1cc(C(F)(F)F)cc(C)c1-c1nnc(NC2CCCN(C)C2)n2nccc12. The smallest absolute Gasteiger partial charge is 0.416 e. The first-order valence-electron chi connectivity index (χ1n) is 10.9. The molecule has 2 aromatic heterocycles. The molecule has 3 aromatic rings. The summed E-state index contributed by atoms with van der Waals surface area (Å²) in [6, 6.07) is 4.02. The number of benzene rings is 1. The van der Waals surface area contributed by atoms with E-state index in [-0.39, 0.29) is 18.6 Å². The summed E-state index contributed by atoms with van der Waals surface area (Å²) in [6.45, 7) is 5.49. The van der Waals surface area contributed by atoms with Gasteiger partial charge in [-0.1, -0.05) is 0 Å². The normalized spacial score (nSPS) is 17.5. The third-order valence-electron chi connectivity index (χ3n) is 5.65. The van der Waals surface area contributed by atoms with Crippen molar-refractivity contribution in [2.45, 2.75) is 38.9 Å². The second-order valence-electron chi connectivity index (χ2n) is 8.17. The van der Waals surface area contributed by atoms with Crippen LogP contribution in [0.1, 0.15) is 30.9 Å². The largest absolute Gasteiger partial charge is 0.467 e. The number of hydrogen-bond acceptors (Lipinski definition) is 7. The van der Waals surface area contributed by atoms with Gasteiger partial charge in [-0.2, -0.15) is 22.8 Å². The second kappa shape index (κ2) is 9.52. The molecule has 8 nitrogen and oxygen atoms in total. The number of piperidine rings is 1. The number of nitrogens with one attached hydrogen (secondary N) is 1. The van der Waals surface area contributed by atoms with Crippen LogP contribution in [0.2, 0.25) is 0 Å². The molecule has 1 aromatic carbocycles. The van der Waals surface area contributed by atoms with Crippen molar-refractivity contribution < 1.29 is 22.6 Å². The Kier molecular flexibility index (Phi) is 6.71. The van der Waals surface area contributed by atoms with E-state index >= 15 is 0 Å². The predicted octanol–water partition coefficient (Wildman–Crippen LogP) is 4.00. The summed E-state index contributed by atoms with van der Waals surface area (Å²) in [7, 11) is 2.07. The van der Waals surface area contributed by atoms with Crippen LogP contribution in [0.5, 0.6) is 5.75 Å². The van der Waals surface area contributed by atoms with Crippen LogP contribution in [0.4, 0.5) is 19.1 Å². The first-order chi connectivity index (χ1) is 15.8. The Hall–Kier alpha value is -2.92. The molecule has 0 radical (unpaired) electrons. The molecule has 0 amide bonds. The van der Waals surface area contributed by atoms with Crippen LogP contribution in [-0.2, 0) is 10.9 Å². The van der Waals surface area contributed by atoms with Crippen molar-refractivity contribution in [3.05, 3.63) is 35.5 Å². The Morgan fingerprint density at radius 2 is 2.06 bits per heavy atom. The molecule has 0 spiro atoms. The van der Waals surface area contributed by atoms with E-state index in [2.05, 4.69) is 32.6 Å². The molecule has 1 aliphatic rings. The van der Waals surface area contributed by atoms with Crippen LogP contribution in [0.3, 0.4) is 0 Å². The number of likely N-dealkylation sites (N-methyl/N-ethyl adjacent to an activating group) is 1. The molecule has 0 saturated carbocycles. The number of anilines is 1. The van der Waals surface area contributed by atoms with Crippen LogP contribution in [0.15, 0.2) is 24.4 Å². The topological polar surface area (TPSA) is 76.8 Å². The Labute approximate surface area is 189 Å². The van der Waals surface area contributed by atoms with E-state index in [1.165, 1.54) is 0 Å². The van der Waals surface area contributed by atoms with E-state index in [1.807, 2.05) is 0 Å². The highest BCUT2D eigenvalue weighted by Gasteiger charge is 2.33. The molecule has 1 N–H and O–H groups in total. The number of alkyl halides is 3. The summed E-state index contributed by atoms with van der Waals surface area (Å²) in [5, 5.41) is 16.5. The summed E-state index contributed by atoms with van der Waals surface area (Å²) >= 11 is 0. The summed E-state index contributed by atoms with van der Waals surface area (Å²) in [5.41, 5.74) is 0.984. The van der Waals surface area contributed by atoms with Gasteiger partial charge in [0.25, 0.3) is 0 Å². The zero-order valence-corrected chi connectivity index (χ0v) is 18.8. The Balaban J connectivity index is 1.76. The summed E-state index contributed by atoms with van der Waals surface area (Å²) in [5.74, 6) is 0.517. The van der Waals surface area contributed by atoms with Crippen molar-refractivity contribution in [1.29, 1.82) is 0 Å². The lowest BCUT2D eigenvalue weighted by Gasteiger charge is -2.30. The lowest BCUT2D eigenvalue weighted by molar-refractivity contribution is -0.137. The summed E-state index contributed by atoms with van der Waals surface area (Å²) < 4.78 is 52.7. The molecule has 1 unspecified atom stereocenters. The van der Waals surface area contributed by atoms with Crippen LogP contribution in [-0.4, -0.2) is 64.3 Å². The zero-order valence-electron chi connectivity index (χ0n) is 18.8. The van der Waals surface area contributed by atoms with Crippen LogP contribution in [0, 0.1) is 6.92 Å². The maximum Gasteiger partial charge on any atom is 0.416 e. The fraction of sp³-hybridized carbons (Fsp3) is 0.500. The van der Waals surface area contributed by atoms with Gasteiger partial charge >= 0.3 is 6.18 Å². The predicted molar refractivity (Wildman–Crippen MR) is 117 cm³/mol. The van der Waals surface area contributed by atoms with Crippen molar-refractivity contribution in [3.63, 3.8) is 0 Å². The Morgan fingerprint density at radius 3 is 2.79 bits per heavy atom. The number of aryl methyl sites for hydroxylation is 1. The van der Waals surface area contributed by atoms with Crippen molar-refractivity contribution in [2.24, 2.45) is 0 Å². The first kappa shape index (κ1) is 23.2. The number of halogens is 3. The summed E-state index contributed by atoms with van der Waals surface area (Å²) in [4.78, 5) is 2.25. The van der Waals surface area contributed by atoms with Gasteiger partial charge < -0.3 is 19.7 Å². The number of likely N-dealkylation sites (tertiary alicyclic amines) is 1. The highest BCUT2D eigenvalue weighted by molar-refractivity contribution is 5.83. The zero-order chi connectivity index (χ0) is 23.6. The fourth-order valence-electron chi connectivity index (χ4n) is 4.10. The maximum absolute atomic E-state index is 13.4. The van der Waals surface area contributed by atoms with Crippen molar-refractivity contribution in [2.75, 3.05) is 38.9 Å². The lowest BCUT2D eigenvalue weighted by atomic mass is 10.00. The van der Waals surface area contributed by atoms with Gasteiger partial charge in [0.1, 0.15) is 11.4 Å². The molecular formula is C22H27F3N6O2. The molecule has 0 aliphatic carbocycles. The third kappa shape index (κ3) is 5.03. The van der Waals surface area contributed by atoms with E-state index in [9.17, 15) is 13.2 Å². The quantitative estimate of drug-likeness (QED) is 0.418. The van der Waals surface area contributed by atoms with Crippen molar-refractivity contribution in [1.82, 2.24) is 24.7 Å². The number of fused-ring (bicyclic) bond motifs is 1. The average molecular weight is 464 g/mol. The molecule has 1 fully saturated rings. The summed E-state index contributed by atoms with van der Waals surface area (Å²) in [6.07, 6.45) is -0.816. The van der Waals surface area contributed by atoms with E-state index in [0.717, 1.165) is 38.1 Å². The maximum atomic E-state index is 13.4. The first-order valence-corrected chi connectivity index (χ1v) is 10.9. The monoisotopic (exact) mass is 464 g/mol. The molecule has 4 rings (SSSR count). The Morgan fingerprint density at radius 1 is 1.24 bits per heavy atom. The van der Waals surface area contributed by atoms with Gasteiger partial charge in [-0.25, -0.2) is 0 Å². The van der Waals surface area contributed by atoms with Crippen LogP contribution < -0.4 is 10.1 Å². The molecule has 178 valence electrons. The van der Waals surface area contributed by atoms with Gasteiger partial charge in [0.15, 0.2) is 6.79 Å². The minimum absolute atomic E-state index is 0.0304. The van der Waals surface area contributed by atoms with E-state index in [4.69, 9.17) is 9.47 Å². The fourth-order valence-corrected chi connectivity index (χ4v) is 4.10. The molecule has 11 heteroatoms. The molecule has 1 aliphatic heterocycles. The number of ether oxygens (including phenoxy) is 2. The minimum Gasteiger partial charge on any atom is -0.467 e. The van der Waals surface area contributed by atoms with E-state index < -0.39 is 11.7 Å².